The summed E-state index contributed by atoms with van der Waals surface area (Å²) < 4.78 is 11.8. The minimum absolute atomic E-state index is 0.205. The summed E-state index contributed by atoms with van der Waals surface area (Å²) >= 11 is 1.36. The highest BCUT2D eigenvalue weighted by Gasteiger charge is 2.15. The third-order valence-corrected chi connectivity index (χ3v) is 4.47. The van der Waals surface area contributed by atoms with E-state index in [9.17, 15) is 9.59 Å². The van der Waals surface area contributed by atoms with Gasteiger partial charge in [-0.1, -0.05) is 6.07 Å². The maximum absolute atomic E-state index is 12.7. The van der Waals surface area contributed by atoms with Crippen LogP contribution in [-0.2, 0) is 11.3 Å². The van der Waals surface area contributed by atoms with Crippen LogP contribution in [0.2, 0.25) is 0 Å². The lowest BCUT2D eigenvalue weighted by atomic mass is 10.1. The van der Waals surface area contributed by atoms with Crippen LogP contribution in [0.1, 0.15) is 0 Å². The lowest BCUT2D eigenvalue weighted by Crippen LogP contribution is -2.28. The molecule has 3 aromatic rings. The van der Waals surface area contributed by atoms with Crippen molar-refractivity contribution in [3.05, 3.63) is 40.3 Å². The van der Waals surface area contributed by atoms with Crippen molar-refractivity contribution in [1.29, 1.82) is 0 Å². The van der Waals surface area contributed by atoms with Gasteiger partial charge in [0.05, 0.1) is 25.9 Å². The average Bonchev–Trinajstić information content (AvgIpc) is 3.01. The van der Waals surface area contributed by atoms with Crippen molar-refractivity contribution in [3.63, 3.8) is 0 Å². The largest absolute Gasteiger partial charge is 0.493 e. The third-order valence-electron chi connectivity index (χ3n) is 3.58. The number of benzene rings is 1. The van der Waals surface area contributed by atoms with E-state index >= 15 is 0 Å². The summed E-state index contributed by atoms with van der Waals surface area (Å²) in [7, 11) is 3.11. The second-order valence-corrected chi connectivity index (χ2v) is 5.90. The Morgan fingerprint density at radius 1 is 1.29 bits per heavy atom. The summed E-state index contributed by atoms with van der Waals surface area (Å²) in [6.07, 6.45) is 1.34. The molecule has 0 aliphatic heterocycles. The number of methoxy groups -OCH3 is 2. The van der Waals surface area contributed by atoms with Gasteiger partial charge in [0, 0.05) is 10.9 Å². The molecule has 0 bridgehead atoms. The molecule has 0 fully saturated rings. The molecule has 0 saturated heterocycles. The number of rotatable bonds is 5. The molecule has 8 heteroatoms. The van der Waals surface area contributed by atoms with E-state index in [4.69, 9.17) is 15.2 Å². The van der Waals surface area contributed by atoms with Crippen LogP contribution >= 0.6 is 11.3 Å². The number of carbonyl (C=O) groups is 1. The monoisotopic (exact) mass is 345 g/mol. The first-order valence-electron chi connectivity index (χ1n) is 7.02. The number of thiophene rings is 1. The summed E-state index contributed by atoms with van der Waals surface area (Å²) in [6.45, 7) is -0.205. The molecule has 2 N–H and O–H groups in total. The molecule has 1 amide bonds. The Kier molecular flexibility index (Phi) is 4.22. The molecule has 0 radical (unpaired) electrons. The zero-order chi connectivity index (χ0) is 17.3. The molecule has 0 aliphatic carbocycles. The standard InChI is InChI=1S/C16H15N3O4S/c1-22-11-4-3-9(5-12(11)23-2)10-7-24-15-14(10)16(21)19(8-18-15)6-13(17)20/h3-5,7-8H,6H2,1-2H3,(H2,17,20). The molecule has 7 nitrogen and oxygen atoms in total. The minimum atomic E-state index is -0.596. The lowest BCUT2D eigenvalue weighted by Gasteiger charge is -2.09. The molecule has 3 rings (SSSR count). The first kappa shape index (κ1) is 16.0. The number of nitrogens with zero attached hydrogens (tertiary/aromatic N) is 2. The van der Waals surface area contributed by atoms with Gasteiger partial charge in [-0.25, -0.2) is 4.98 Å². The molecule has 0 spiro atoms. The van der Waals surface area contributed by atoms with Gasteiger partial charge in [0.2, 0.25) is 5.91 Å². The zero-order valence-corrected chi connectivity index (χ0v) is 13.9. The van der Waals surface area contributed by atoms with Crippen molar-refractivity contribution in [2.75, 3.05) is 14.2 Å². The van der Waals surface area contributed by atoms with Gasteiger partial charge in [-0.2, -0.15) is 0 Å². The van der Waals surface area contributed by atoms with Crippen LogP contribution in [0.4, 0.5) is 0 Å². The van der Waals surface area contributed by atoms with Crippen molar-refractivity contribution in [3.8, 4) is 22.6 Å². The van der Waals surface area contributed by atoms with E-state index in [1.165, 1.54) is 22.2 Å². The molecule has 0 atom stereocenters. The van der Waals surface area contributed by atoms with Gasteiger partial charge in [-0.05, 0) is 17.7 Å². The Labute approximate surface area is 141 Å². The third kappa shape index (κ3) is 2.71. The Morgan fingerprint density at radius 3 is 2.71 bits per heavy atom. The minimum Gasteiger partial charge on any atom is -0.493 e. The highest BCUT2D eigenvalue weighted by molar-refractivity contribution is 7.17. The predicted octanol–water partition coefficient (Wildman–Crippen LogP) is 1.63. The molecule has 124 valence electrons. The molecule has 2 aromatic heterocycles. The number of fused-ring (bicyclic) bond motifs is 1. The smallest absolute Gasteiger partial charge is 0.263 e. The van der Waals surface area contributed by atoms with Crippen LogP contribution in [0, 0.1) is 0 Å². The Balaban J connectivity index is 2.20. The highest BCUT2D eigenvalue weighted by atomic mass is 32.1. The number of primary amides is 1. The van der Waals surface area contributed by atoms with Crippen LogP contribution in [0.25, 0.3) is 21.3 Å². The number of carbonyl (C=O) groups excluding carboxylic acids is 1. The van der Waals surface area contributed by atoms with Gasteiger partial charge in [0.15, 0.2) is 11.5 Å². The van der Waals surface area contributed by atoms with E-state index in [1.54, 1.807) is 26.4 Å². The van der Waals surface area contributed by atoms with Gasteiger partial charge >= 0.3 is 0 Å². The fourth-order valence-corrected chi connectivity index (χ4v) is 3.37. The predicted molar refractivity (Wildman–Crippen MR) is 91.6 cm³/mol. The molecule has 0 unspecified atom stereocenters. The van der Waals surface area contributed by atoms with Crippen molar-refractivity contribution in [2.45, 2.75) is 6.54 Å². The second-order valence-electron chi connectivity index (χ2n) is 5.04. The van der Waals surface area contributed by atoms with Gasteiger partial charge in [0.25, 0.3) is 5.56 Å². The maximum atomic E-state index is 12.7. The van der Waals surface area contributed by atoms with Gasteiger partial charge in [-0.15, -0.1) is 11.3 Å². The van der Waals surface area contributed by atoms with E-state index in [0.29, 0.717) is 21.7 Å². The molecule has 0 aliphatic rings. The number of ether oxygens (including phenoxy) is 2. The lowest BCUT2D eigenvalue weighted by molar-refractivity contribution is -0.118. The number of hydrogen-bond donors (Lipinski definition) is 1. The van der Waals surface area contributed by atoms with E-state index in [0.717, 1.165) is 11.1 Å². The Bertz CT molecular complexity index is 977. The fourth-order valence-electron chi connectivity index (χ4n) is 2.46. The summed E-state index contributed by atoms with van der Waals surface area (Å²) in [6, 6.07) is 5.41. The Morgan fingerprint density at radius 2 is 2.04 bits per heavy atom. The topological polar surface area (TPSA) is 96.4 Å². The number of nitrogens with two attached hydrogens (primary N) is 1. The van der Waals surface area contributed by atoms with Crippen LogP contribution in [-0.4, -0.2) is 29.7 Å². The summed E-state index contributed by atoms with van der Waals surface area (Å²) in [4.78, 5) is 28.6. The summed E-state index contributed by atoms with van der Waals surface area (Å²) in [5, 5.41) is 2.31. The van der Waals surface area contributed by atoms with Crippen molar-refractivity contribution in [2.24, 2.45) is 5.73 Å². The maximum Gasteiger partial charge on any atom is 0.263 e. The normalized spacial score (nSPS) is 10.8. The van der Waals surface area contributed by atoms with Gasteiger partial charge in [-0.3, -0.25) is 14.2 Å². The van der Waals surface area contributed by atoms with Crippen LogP contribution in [0.3, 0.4) is 0 Å². The van der Waals surface area contributed by atoms with E-state index in [-0.39, 0.29) is 12.1 Å². The fraction of sp³-hybridized carbons (Fsp3) is 0.188. The number of amides is 1. The van der Waals surface area contributed by atoms with E-state index in [1.807, 2.05) is 11.4 Å². The van der Waals surface area contributed by atoms with E-state index < -0.39 is 5.91 Å². The van der Waals surface area contributed by atoms with Crippen molar-refractivity contribution in [1.82, 2.24) is 9.55 Å². The first-order chi connectivity index (χ1) is 11.5. The molecular weight excluding hydrogens is 330 g/mol. The average molecular weight is 345 g/mol. The van der Waals surface area contributed by atoms with Crippen molar-refractivity contribution >= 4 is 27.5 Å². The number of hydrogen-bond acceptors (Lipinski definition) is 6. The van der Waals surface area contributed by atoms with Gasteiger partial charge < -0.3 is 15.2 Å². The summed E-state index contributed by atoms with van der Waals surface area (Å²) in [5.74, 6) is 0.571. The summed E-state index contributed by atoms with van der Waals surface area (Å²) in [5.41, 5.74) is 6.41. The quantitative estimate of drug-likeness (QED) is 0.758. The first-order valence-corrected chi connectivity index (χ1v) is 7.90. The van der Waals surface area contributed by atoms with E-state index in [2.05, 4.69) is 4.98 Å². The second kappa shape index (κ2) is 6.32. The molecule has 24 heavy (non-hydrogen) atoms. The SMILES string of the molecule is COc1ccc(-c2csc3ncn(CC(N)=O)c(=O)c23)cc1OC. The van der Waals surface area contributed by atoms with Crippen LogP contribution < -0.4 is 20.8 Å². The van der Waals surface area contributed by atoms with Crippen molar-refractivity contribution < 1.29 is 14.3 Å². The van der Waals surface area contributed by atoms with Crippen LogP contribution in [0.15, 0.2) is 34.7 Å². The zero-order valence-electron chi connectivity index (χ0n) is 13.1. The molecule has 2 heterocycles. The Hall–Kier alpha value is -2.87. The van der Waals surface area contributed by atoms with Crippen LogP contribution in [0.5, 0.6) is 11.5 Å². The highest BCUT2D eigenvalue weighted by Crippen LogP contribution is 2.36. The van der Waals surface area contributed by atoms with Gasteiger partial charge in [0.1, 0.15) is 11.4 Å². The molecule has 0 saturated carbocycles. The molecular formula is C16H15N3O4S. The number of aromatic nitrogens is 2. The molecule has 1 aromatic carbocycles.